The predicted octanol–water partition coefficient (Wildman–Crippen LogP) is 4.75. The van der Waals surface area contributed by atoms with E-state index in [9.17, 15) is 4.79 Å². The zero-order valence-electron chi connectivity index (χ0n) is 13.0. The normalized spacial score (nSPS) is 10.3. The molecule has 122 valence electrons. The van der Waals surface area contributed by atoms with Gasteiger partial charge in [-0.3, -0.25) is 4.79 Å². The van der Waals surface area contributed by atoms with Crippen molar-refractivity contribution in [3.8, 4) is 5.75 Å². The average molecular weight is 353 g/mol. The molecule has 1 amide bonds. The van der Waals surface area contributed by atoms with Gasteiger partial charge in [-0.05, 0) is 42.8 Å². The largest absolute Gasteiger partial charge is 0.495 e. The second kappa shape index (κ2) is 8.09. The van der Waals surface area contributed by atoms with Crippen LogP contribution in [0.5, 0.6) is 5.75 Å². The number of ether oxygens (including phenoxy) is 1. The lowest BCUT2D eigenvalue weighted by Gasteiger charge is -2.10. The van der Waals surface area contributed by atoms with Gasteiger partial charge in [0.05, 0.1) is 12.1 Å². The molecule has 0 aliphatic rings. The van der Waals surface area contributed by atoms with Crippen LogP contribution in [0.25, 0.3) is 0 Å². The van der Waals surface area contributed by atoms with Crippen molar-refractivity contribution in [2.75, 3.05) is 24.3 Å². The highest BCUT2D eigenvalue weighted by atomic mass is 35.5. The van der Waals surface area contributed by atoms with Crippen molar-refractivity contribution in [2.24, 2.45) is 0 Å². The topological polar surface area (TPSA) is 50.4 Å². The molecule has 23 heavy (non-hydrogen) atoms. The van der Waals surface area contributed by atoms with E-state index in [4.69, 9.17) is 27.9 Å². The van der Waals surface area contributed by atoms with Gasteiger partial charge in [0.25, 0.3) is 0 Å². The van der Waals surface area contributed by atoms with E-state index in [-0.39, 0.29) is 5.91 Å². The van der Waals surface area contributed by atoms with E-state index in [0.717, 1.165) is 11.3 Å². The summed E-state index contributed by atoms with van der Waals surface area (Å²) in [5, 5.41) is 7.12. The minimum atomic E-state index is -0.100. The monoisotopic (exact) mass is 352 g/mol. The molecule has 4 nitrogen and oxygen atoms in total. The highest BCUT2D eigenvalue weighted by Crippen LogP contribution is 2.27. The Morgan fingerprint density at radius 3 is 2.43 bits per heavy atom. The van der Waals surface area contributed by atoms with Crippen LogP contribution in [0.3, 0.4) is 0 Å². The van der Waals surface area contributed by atoms with E-state index in [1.165, 1.54) is 0 Å². The van der Waals surface area contributed by atoms with Crippen molar-refractivity contribution < 1.29 is 9.53 Å². The van der Waals surface area contributed by atoms with Crippen LogP contribution in [0.2, 0.25) is 10.0 Å². The number of nitrogens with one attached hydrogen (secondary N) is 2. The third-order valence-corrected chi connectivity index (χ3v) is 3.99. The standard InChI is InChI=1S/C17H18Cl2N2O2/c1-11-3-4-12(9-14(11)18)20-8-7-17(22)21-13-5-6-16(23-2)15(19)10-13/h3-6,9-10,20H,7-8H2,1-2H3,(H,21,22). The summed E-state index contributed by atoms with van der Waals surface area (Å²) in [4.78, 5) is 11.9. The second-order valence-electron chi connectivity index (χ2n) is 5.04. The van der Waals surface area contributed by atoms with Crippen molar-refractivity contribution >= 4 is 40.5 Å². The second-order valence-corrected chi connectivity index (χ2v) is 5.85. The highest BCUT2D eigenvalue weighted by Gasteiger charge is 2.06. The Bertz CT molecular complexity index is 705. The van der Waals surface area contributed by atoms with Crippen molar-refractivity contribution in [1.29, 1.82) is 0 Å². The highest BCUT2D eigenvalue weighted by molar-refractivity contribution is 6.32. The Kier molecular flexibility index (Phi) is 6.13. The van der Waals surface area contributed by atoms with Crippen LogP contribution in [0.15, 0.2) is 36.4 Å². The first kappa shape index (κ1) is 17.4. The van der Waals surface area contributed by atoms with Crippen LogP contribution in [0, 0.1) is 6.92 Å². The first-order valence-corrected chi connectivity index (χ1v) is 7.88. The summed E-state index contributed by atoms with van der Waals surface area (Å²) in [6.07, 6.45) is 0.329. The lowest BCUT2D eigenvalue weighted by Crippen LogP contribution is -2.16. The SMILES string of the molecule is COc1ccc(NC(=O)CCNc2ccc(C)c(Cl)c2)cc1Cl. The molecule has 0 saturated heterocycles. The number of rotatable bonds is 6. The predicted molar refractivity (Wildman–Crippen MR) is 95.9 cm³/mol. The van der Waals surface area contributed by atoms with Crippen LogP contribution < -0.4 is 15.4 Å². The summed E-state index contributed by atoms with van der Waals surface area (Å²) in [7, 11) is 1.54. The zero-order valence-corrected chi connectivity index (χ0v) is 14.5. The Morgan fingerprint density at radius 1 is 1.09 bits per heavy atom. The Labute approximate surface area is 145 Å². The zero-order chi connectivity index (χ0) is 16.8. The minimum Gasteiger partial charge on any atom is -0.495 e. The number of benzene rings is 2. The van der Waals surface area contributed by atoms with E-state index >= 15 is 0 Å². The molecule has 0 aromatic heterocycles. The molecule has 2 rings (SSSR count). The van der Waals surface area contributed by atoms with Crippen molar-refractivity contribution in [3.05, 3.63) is 52.0 Å². The Hall–Kier alpha value is -1.91. The molecule has 0 aliphatic heterocycles. The van der Waals surface area contributed by atoms with E-state index in [2.05, 4.69) is 10.6 Å². The number of hydrogen-bond donors (Lipinski definition) is 2. The summed E-state index contributed by atoms with van der Waals surface area (Å²) >= 11 is 12.1. The number of carbonyl (C=O) groups is 1. The molecule has 0 spiro atoms. The molecule has 2 N–H and O–H groups in total. The minimum absolute atomic E-state index is 0.100. The van der Waals surface area contributed by atoms with E-state index in [0.29, 0.717) is 34.4 Å². The number of halogens is 2. The van der Waals surface area contributed by atoms with Gasteiger partial charge >= 0.3 is 0 Å². The molecular weight excluding hydrogens is 335 g/mol. The number of aryl methyl sites for hydroxylation is 1. The maximum Gasteiger partial charge on any atom is 0.226 e. The van der Waals surface area contributed by atoms with Crippen LogP contribution >= 0.6 is 23.2 Å². The van der Waals surface area contributed by atoms with Gasteiger partial charge in [-0.25, -0.2) is 0 Å². The molecule has 0 heterocycles. The van der Waals surface area contributed by atoms with Crippen molar-refractivity contribution in [1.82, 2.24) is 0 Å². The number of hydrogen-bond acceptors (Lipinski definition) is 3. The molecule has 6 heteroatoms. The smallest absolute Gasteiger partial charge is 0.226 e. The molecule has 0 saturated carbocycles. The van der Waals surface area contributed by atoms with Gasteiger partial charge in [-0.15, -0.1) is 0 Å². The van der Waals surface area contributed by atoms with E-state index in [1.54, 1.807) is 25.3 Å². The van der Waals surface area contributed by atoms with Gasteiger partial charge < -0.3 is 15.4 Å². The lowest BCUT2D eigenvalue weighted by molar-refractivity contribution is -0.115. The molecule has 0 aliphatic carbocycles. The average Bonchev–Trinajstić information content (AvgIpc) is 2.51. The summed E-state index contributed by atoms with van der Waals surface area (Å²) in [6, 6.07) is 10.8. The molecule has 2 aromatic carbocycles. The van der Waals surface area contributed by atoms with Gasteiger partial charge in [0.2, 0.25) is 5.91 Å². The molecule has 0 atom stereocenters. The van der Waals surface area contributed by atoms with E-state index in [1.807, 2.05) is 25.1 Å². The molecule has 2 aromatic rings. The fourth-order valence-electron chi connectivity index (χ4n) is 1.99. The van der Waals surface area contributed by atoms with Crippen LogP contribution in [0.4, 0.5) is 11.4 Å². The summed E-state index contributed by atoms with van der Waals surface area (Å²) in [5.41, 5.74) is 2.55. The quantitative estimate of drug-likeness (QED) is 0.788. The molecule has 0 radical (unpaired) electrons. The maximum atomic E-state index is 11.9. The first-order chi connectivity index (χ1) is 11.0. The van der Waals surface area contributed by atoms with Crippen molar-refractivity contribution in [3.63, 3.8) is 0 Å². The van der Waals surface area contributed by atoms with E-state index < -0.39 is 0 Å². The fourth-order valence-corrected chi connectivity index (χ4v) is 2.43. The van der Waals surface area contributed by atoms with Gasteiger partial charge in [0, 0.05) is 29.4 Å². The fraction of sp³-hybridized carbons (Fsp3) is 0.235. The van der Waals surface area contributed by atoms with Gasteiger partial charge in [-0.1, -0.05) is 29.3 Å². The van der Waals surface area contributed by atoms with Gasteiger partial charge in [0.15, 0.2) is 0 Å². The van der Waals surface area contributed by atoms with Crippen LogP contribution in [0.1, 0.15) is 12.0 Å². The van der Waals surface area contributed by atoms with Gasteiger partial charge in [0.1, 0.15) is 5.75 Å². The lowest BCUT2D eigenvalue weighted by atomic mass is 10.2. The number of amides is 1. The third kappa shape index (κ3) is 5.05. The van der Waals surface area contributed by atoms with Crippen LogP contribution in [-0.2, 0) is 4.79 Å². The molecule has 0 unspecified atom stereocenters. The molecule has 0 fully saturated rings. The number of anilines is 2. The number of carbonyl (C=O) groups excluding carboxylic acids is 1. The maximum absolute atomic E-state index is 11.9. The van der Waals surface area contributed by atoms with Crippen molar-refractivity contribution in [2.45, 2.75) is 13.3 Å². The summed E-state index contributed by atoms with van der Waals surface area (Å²) < 4.78 is 5.07. The van der Waals surface area contributed by atoms with Gasteiger partial charge in [-0.2, -0.15) is 0 Å². The number of methoxy groups -OCH3 is 1. The molecular formula is C17H18Cl2N2O2. The third-order valence-electron chi connectivity index (χ3n) is 3.29. The first-order valence-electron chi connectivity index (χ1n) is 7.13. The Balaban J connectivity index is 1.83. The summed E-state index contributed by atoms with van der Waals surface area (Å²) in [6.45, 7) is 2.45. The summed E-state index contributed by atoms with van der Waals surface area (Å²) in [5.74, 6) is 0.472. The molecule has 0 bridgehead atoms. The Morgan fingerprint density at radius 2 is 1.78 bits per heavy atom. The van der Waals surface area contributed by atoms with Crippen LogP contribution in [-0.4, -0.2) is 19.6 Å².